The highest BCUT2D eigenvalue weighted by Crippen LogP contribution is 2.47. The van der Waals surface area contributed by atoms with E-state index in [1.54, 1.807) is 14.2 Å². The van der Waals surface area contributed by atoms with Crippen molar-refractivity contribution >= 4 is 8.32 Å². The van der Waals surface area contributed by atoms with E-state index in [4.69, 9.17) is 14.2 Å². The third-order valence-electron chi connectivity index (χ3n) is 5.81. The normalized spacial score (nSPS) is 21.5. The minimum atomic E-state index is -2.21. The molecule has 0 amide bonds. The van der Waals surface area contributed by atoms with E-state index in [1.807, 2.05) is 31.3 Å². The van der Waals surface area contributed by atoms with Gasteiger partial charge in [-0.15, -0.1) is 0 Å². The molecule has 0 aromatic heterocycles. The molecule has 1 saturated heterocycles. The Labute approximate surface area is 152 Å². The average Bonchev–Trinajstić information content (AvgIpc) is 2.92. The molecule has 1 aliphatic heterocycles. The third kappa shape index (κ3) is 4.27. The van der Waals surface area contributed by atoms with Gasteiger partial charge in [0.15, 0.2) is 19.8 Å². The summed E-state index contributed by atoms with van der Waals surface area (Å²) in [5.74, 6) is 1.69. The van der Waals surface area contributed by atoms with Gasteiger partial charge in [0.1, 0.15) is 0 Å². The Kier molecular flexibility index (Phi) is 6.02. The fraction of sp³-hybridized carbons (Fsp3) is 0.600. The lowest BCUT2D eigenvalue weighted by atomic mass is 9.86. The average molecular weight is 365 g/mol. The first kappa shape index (κ1) is 20.0. The van der Waals surface area contributed by atoms with Gasteiger partial charge in [-0.05, 0) is 54.2 Å². The Morgan fingerprint density at radius 1 is 1.24 bits per heavy atom. The summed E-state index contributed by atoms with van der Waals surface area (Å²) in [5, 5.41) is -0.0436. The van der Waals surface area contributed by atoms with Crippen molar-refractivity contribution in [3.63, 3.8) is 0 Å². The minimum absolute atomic E-state index is 0.0217. The Morgan fingerprint density at radius 2 is 1.88 bits per heavy atom. The molecule has 1 N–H and O–H groups in total. The zero-order valence-corrected chi connectivity index (χ0v) is 17.4. The molecule has 0 aliphatic carbocycles. The molecule has 1 heterocycles. The Hall–Kier alpha value is -1.30. The Bertz CT molecular complexity index is 619. The zero-order valence-electron chi connectivity index (χ0n) is 16.4. The molecule has 25 heavy (non-hydrogen) atoms. The molecule has 4 nitrogen and oxygen atoms in total. The summed E-state index contributed by atoms with van der Waals surface area (Å²) in [5.41, 5.74) is 2.22. The van der Waals surface area contributed by atoms with Crippen LogP contribution in [-0.4, -0.2) is 33.9 Å². The van der Waals surface area contributed by atoms with E-state index in [0.717, 1.165) is 24.0 Å². The standard InChI is InChI=1S/C20H32O4Si/c1-14-13-24-19(15-8-9-17(22-4)18(12-15)23-5)16(14)10-11-20(2,3)25(6,7)21/h8-9,12,16,19,21H,1,10-11,13H2,2-7H3/t16-,19+/m0/s1. The van der Waals surface area contributed by atoms with Gasteiger partial charge >= 0.3 is 0 Å². The van der Waals surface area contributed by atoms with Crippen molar-refractivity contribution in [2.45, 2.75) is 50.9 Å². The van der Waals surface area contributed by atoms with Crippen LogP contribution in [0.3, 0.4) is 0 Å². The second kappa shape index (κ2) is 7.52. The van der Waals surface area contributed by atoms with Crippen LogP contribution in [0.2, 0.25) is 18.1 Å². The molecule has 2 atom stereocenters. The van der Waals surface area contributed by atoms with E-state index in [9.17, 15) is 4.80 Å². The van der Waals surface area contributed by atoms with Crippen molar-refractivity contribution in [2.24, 2.45) is 5.92 Å². The smallest absolute Gasteiger partial charge is 0.188 e. The fourth-order valence-corrected chi connectivity index (χ4v) is 3.93. The number of hydrogen-bond acceptors (Lipinski definition) is 4. The van der Waals surface area contributed by atoms with E-state index in [-0.39, 0.29) is 17.1 Å². The van der Waals surface area contributed by atoms with Crippen LogP contribution in [0.1, 0.15) is 38.4 Å². The molecule has 1 aromatic carbocycles. The van der Waals surface area contributed by atoms with E-state index in [1.165, 1.54) is 0 Å². The largest absolute Gasteiger partial charge is 0.493 e. The van der Waals surface area contributed by atoms with Gasteiger partial charge in [0, 0.05) is 5.92 Å². The molecule has 2 rings (SSSR count). The second-order valence-electron chi connectivity index (χ2n) is 8.09. The summed E-state index contributed by atoms with van der Waals surface area (Å²) in [4.78, 5) is 10.5. The quantitative estimate of drug-likeness (QED) is 0.562. The fourth-order valence-electron chi connectivity index (χ4n) is 3.17. The second-order valence-corrected chi connectivity index (χ2v) is 12.6. The number of ether oxygens (including phenoxy) is 3. The van der Waals surface area contributed by atoms with Crippen molar-refractivity contribution in [1.82, 2.24) is 0 Å². The highest BCUT2D eigenvalue weighted by Gasteiger charge is 2.40. The third-order valence-corrected chi connectivity index (χ3v) is 9.37. The van der Waals surface area contributed by atoms with Crippen LogP contribution in [0.15, 0.2) is 30.4 Å². The number of benzene rings is 1. The van der Waals surface area contributed by atoms with Crippen LogP contribution in [0.5, 0.6) is 11.5 Å². The molecular weight excluding hydrogens is 332 g/mol. The van der Waals surface area contributed by atoms with Gasteiger partial charge in [0.05, 0.1) is 26.9 Å². The van der Waals surface area contributed by atoms with Crippen LogP contribution in [0.4, 0.5) is 0 Å². The van der Waals surface area contributed by atoms with E-state index < -0.39 is 8.32 Å². The maximum Gasteiger partial charge on any atom is 0.188 e. The first-order valence-electron chi connectivity index (χ1n) is 8.84. The molecular formula is C20H32O4Si. The van der Waals surface area contributed by atoms with Gasteiger partial charge < -0.3 is 19.0 Å². The summed E-state index contributed by atoms with van der Waals surface area (Å²) in [7, 11) is 1.06. The topological polar surface area (TPSA) is 47.9 Å². The highest BCUT2D eigenvalue weighted by molar-refractivity contribution is 6.72. The summed E-state index contributed by atoms with van der Waals surface area (Å²) in [6.45, 7) is 13.2. The molecule has 0 bridgehead atoms. The molecule has 0 radical (unpaired) electrons. The maximum absolute atomic E-state index is 10.5. The van der Waals surface area contributed by atoms with Crippen LogP contribution in [-0.2, 0) is 4.74 Å². The SMILES string of the molecule is C=C1CO[C@H](c2ccc(OC)c(OC)c2)[C@H]1CCC(C)(C)[Si](C)(C)O. The Morgan fingerprint density at radius 3 is 2.44 bits per heavy atom. The first-order valence-corrected chi connectivity index (χ1v) is 11.8. The van der Waals surface area contributed by atoms with Gasteiger partial charge in [-0.2, -0.15) is 0 Å². The first-order chi connectivity index (χ1) is 11.6. The minimum Gasteiger partial charge on any atom is -0.493 e. The van der Waals surface area contributed by atoms with Crippen LogP contribution in [0, 0.1) is 5.92 Å². The van der Waals surface area contributed by atoms with Crippen LogP contribution < -0.4 is 9.47 Å². The monoisotopic (exact) mass is 364 g/mol. The van der Waals surface area contributed by atoms with E-state index >= 15 is 0 Å². The summed E-state index contributed by atoms with van der Waals surface area (Å²) >= 11 is 0. The van der Waals surface area contributed by atoms with Crippen LogP contribution in [0.25, 0.3) is 0 Å². The highest BCUT2D eigenvalue weighted by atomic mass is 28.4. The van der Waals surface area contributed by atoms with Crippen molar-refractivity contribution in [1.29, 1.82) is 0 Å². The molecule has 1 aromatic rings. The molecule has 1 fully saturated rings. The molecule has 0 saturated carbocycles. The molecule has 0 spiro atoms. The maximum atomic E-state index is 10.5. The van der Waals surface area contributed by atoms with Gasteiger partial charge in [-0.1, -0.05) is 26.5 Å². The zero-order chi connectivity index (χ0) is 18.8. The molecule has 1 aliphatic rings. The predicted molar refractivity (Wildman–Crippen MR) is 104 cm³/mol. The predicted octanol–water partition coefficient (Wildman–Crippen LogP) is 4.71. The van der Waals surface area contributed by atoms with Crippen molar-refractivity contribution in [3.8, 4) is 11.5 Å². The number of hydrogen-bond donors (Lipinski definition) is 1. The van der Waals surface area contributed by atoms with Gasteiger partial charge in [0.25, 0.3) is 0 Å². The lowest BCUT2D eigenvalue weighted by Gasteiger charge is -2.36. The van der Waals surface area contributed by atoms with Crippen LogP contribution >= 0.6 is 0 Å². The van der Waals surface area contributed by atoms with Crippen molar-refractivity contribution in [3.05, 3.63) is 35.9 Å². The number of methoxy groups -OCH3 is 2. The lowest BCUT2D eigenvalue weighted by Crippen LogP contribution is -2.39. The van der Waals surface area contributed by atoms with Gasteiger partial charge in [-0.3, -0.25) is 0 Å². The molecule has 5 heteroatoms. The van der Waals surface area contributed by atoms with Crippen molar-refractivity contribution in [2.75, 3.05) is 20.8 Å². The summed E-state index contributed by atoms with van der Waals surface area (Å²) in [6.07, 6.45) is 1.90. The van der Waals surface area contributed by atoms with Gasteiger partial charge in [0.2, 0.25) is 0 Å². The lowest BCUT2D eigenvalue weighted by molar-refractivity contribution is 0.0872. The Balaban J connectivity index is 2.19. The van der Waals surface area contributed by atoms with Gasteiger partial charge in [-0.25, -0.2) is 0 Å². The van der Waals surface area contributed by atoms with E-state index in [0.29, 0.717) is 18.1 Å². The summed E-state index contributed by atoms with van der Waals surface area (Å²) in [6, 6.07) is 5.95. The molecule has 0 unspecified atom stereocenters. The summed E-state index contributed by atoms with van der Waals surface area (Å²) < 4.78 is 16.8. The molecule has 140 valence electrons. The number of rotatable bonds is 7. The van der Waals surface area contributed by atoms with Crippen molar-refractivity contribution < 1.29 is 19.0 Å². The van der Waals surface area contributed by atoms with E-state index in [2.05, 4.69) is 20.4 Å².